The molecule has 7 rings (SSSR count). The van der Waals surface area contributed by atoms with Crippen LogP contribution >= 0.6 is 0 Å². The highest BCUT2D eigenvalue weighted by atomic mass is 19.1. The van der Waals surface area contributed by atoms with E-state index in [0.717, 1.165) is 0 Å². The van der Waals surface area contributed by atoms with Crippen LogP contribution < -0.4 is 0 Å². The molecule has 0 unspecified atom stereocenters. The van der Waals surface area contributed by atoms with Crippen LogP contribution in [0.5, 0.6) is 0 Å². The van der Waals surface area contributed by atoms with Crippen molar-refractivity contribution in [1.82, 2.24) is 15.0 Å². The Labute approximate surface area is 226 Å². The third-order valence-electron chi connectivity index (χ3n) is 6.07. The number of aromatic nitrogens is 3. The van der Waals surface area contributed by atoms with E-state index in [4.69, 9.17) is 12.6 Å². The van der Waals surface area contributed by atoms with Gasteiger partial charge in [0.1, 0.15) is 17.0 Å². The van der Waals surface area contributed by atoms with Gasteiger partial charge in [-0.05, 0) is 59.6 Å². The van der Waals surface area contributed by atoms with Gasteiger partial charge in [0, 0.05) is 27.5 Å². The van der Waals surface area contributed by atoms with Gasteiger partial charge in [-0.25, -0.2) is 19.3 Å². The van der Waals surface area contributed by atoms with Crippen molar-refractivity contribution in [3.05, 3.63) is 127 Å². The summed E-state index contributed by atoms with van der Waals surface area (Å²) >= 11 is 0. The Morgan fingerprint density at radius 2 is 1.08 bits per heavy atom. The maximum atomic E-state index is 13.7. The molecule has 38 heavy (non-hydrogen) atoms. The molecule has 0 radical (unpaired) electrons. The molecule has 5 heteroatoms. The highest BCUT2D eigenvalue weighted by molar-refractivity contribution is 6.07. The Bertz CT molecular complexity index is 2240. The molecule has 5 aromatic carbocycles. The van der Waals surface area contributed by atoms with Crippen LogP contribution in [0.2, 0.25) is 0 Å². The fourth-order valence-electron chi connectivity index (χ4n) is 4.18. The van der Waals surface area contributed by atoms with E-state index in [1.165, 1.54) is 24.3 Å². The van der Waals surface area contributed by atoms with Gasteiger partial charge in [0.2, 0.25) is 0 Å². The molecule has 7 aromatic rings. The van der Waals surface area contributed by atoms with Crippen LogP contribution in [0.4, 0.5) is 4.39 Å². The van der Waals surface area contributed by atoms with Crippen LogP contribution in [0, 0.1) is 5.82 Å². The molecular formula is C33H20FN3O. The van der Waals surface area contributed by atoms with Gasteiger partial charge in [-0.15, -0.1) is 0 Å². The molecule has 0 N–H and O–H groups in total. The van der Waals surface area contributed by atoms with Gasteiger partial charge in [-0.2, -0.15) is 0 Å². The monoisotopic (exact) mass is 499 g/mol. The van der Waals surface area contributed by atoms with Gasteiger partial charge in [-0.3, -0.25) is 0 Å². The summed E-state index contributed by atoms with van der Waals surface area (Å²) in [5.74, 6) is -0.0705. The molecule has 0 bridgehead atoms. The molecule has 0 saturated carbocycles. The Morgan fingerprint density at radius 1 is 0.500 bits per heavy atom. The van der Waals surface area contributed by atoms with Gasteiger partial charge in [0.15, 0.2) is 17.5 Å². The lowest BCUT2D eigenvalue weighted by molar-refractivity contribution is 0.628. The first-order chi connectivity index (χ1) is 21.2. The van der Waals surface area contributed by atoms with E-state index in [1.807, 2.05) is 18.2 Å². The zero-order valence-corrected chi connectivity index (χ0v) is 19.7. The van der Waals surface area contributed by atoms with Crippen molar-refractivity contribution in [1.29, 1.82) is 0 Å². The van der Waals surface area contributed by atoms with E-state index in [0.29, 0.717) is 16.7 Å². The summed E-state index contributed by atoms with van der Waals surface area (Å²) in [6.45, 7) is 0. The van der Waals surface area contributed by atoms with Crippen molar-refractivity contribution in [2.24, 2.45) is 0 Å². The quantitative estimate of drug-likeness (QED) is 0.243. The Kier molecular flexibility index (Phi) is 3.94. The van der Waals surface area contributed by atoms with Crippen LogP contribution in [0.15, 0.2) is 126 Å². The highest BCUT2D eigenvalue weighted by Gasteiger charge is 2.15. The predicted molar refractivity (Wildman–Crippen MR) is 149 cm³/mol. The summed E-state index contributed by atoms with van der Waals surface area (Å²) in [6, 6.07) is 21.8. The Morgan fingerprint density at radius 3 is 1.76 bits per heavy atom. The van der Waals surface area contributed by atoms with Gasteiger partial charge in [0.05, 0.1) is 8.22 Å². The first-order valence-electron chi connectivity index (χ1n) is 14.8. The summed E-state index contributed by atoms with van der Waals surface area (Å²) in [6.07, 6.45) is 0. The first-order valence-corrected chi connectivity index (χ1v) is 11.8. The number of halogens is 1. The maximum absolute atomic E-state index is 13.7. The van der Waals surface area contributed by atoms with Crippen LogP contribution in [-0.4, -0.2) is 15.0 Å². The van der Waals surface area contributed by atoms with E-state index in [2.05, 4.69) is 15.0 Å². The van der Waals surface area contributed by atoms with Crippen molar-refractivity contribution >= 4 is 21.9 Å². The van der Waals surface area contributed by atoms with Crippen LogP contribution in [-0.2, 0) is 0 Å². The molecule has 0 aliphatic heterocycles. The molecule has 0 aliphatic rings. The van der Waals surface area contributed by atoms with E-state index in [1.54, 1.807) is 42.5 Å². The lowest BCUT2D eigenvalue weighted by atomic mass is 10.0. The largest absolute Gasteiger partial charge is 0.456 e. The normalized spacial score (nSPS) is 13.5. The minimum Gasteiger partial charge on any atom is -0.456 e. The molecular weight excluding hydrogens is 473 g/mol. The smallest absolute Gasteiger partial charge is 0.164 e. The van der Waals surface area contributed by atoms with Crippen LogP contribution in [0.1, 0.15) is 8.22 Å². The SMILES string of the molecule is [2H]c1c(-c2ccccc2)c([2H])c2c(oc3c([2H])c(-c4nc(-c5ccccc5)nc(-c5ccc(F)cc5)n4)c([2H])c([2H])c32)c1[2H]. The highest BCUT2D eigenvalue weighted by Crippen LogP contribution is 2.35. The molecule has 0 fully saturated rings. The number of hydrogen-bond donors (Lipinski definition) is 0. The summed E-state index contributed by atoms with van der Waals surface area (Å²) in [5.41, 5.74) is 1.55. The minimum atomic E-state index is -0.434. The van der Waals surface area contributed by atoms with Crippen molar-refractivity contribution in [2.45, 2.75) is 0 Å². The van der Waals surface area contributed by atoms with Gasteiger partial charge in [-0.1, -0.05) is 72.7 Å². The molecule has 0 saturated heterocycles. The zero-order valence-electron chi connectivity index (χ0n) is 25.7. The number of rotatable bonds is 4. The lowest BCUT2D eigenvalue weighted by Crippen LogP contribution is -2.00. The van der Waals surface area contributed by atoms with Gasteiger partial charge >= 0.3 is 0 Å². The second-order valence-corrected chi connectivity index (χ2v) is 8.56. The Balaban J connectivity index is 1.53. The third kappa shape index (κ3) is 4.00. The topological polar surface area (TPSA) is 51.8 Å². The number of furan rings is 1. The van der Waals surface area contributed by atoms with Gasteiger partial charge < -0.3 is 4.42 Å². The lowest BCUT2D eigenvalue weighted by Gasteiger charge is -2.08. The van der Waals surface area contributed by atoms with E-state index in [-0.39, 0.29) is 86.8 Å². The fourth-order valence-corrected chi connectivity index (χ4v) is 4.18. The number of fused-ring (bicyclic) bond motifs is 3. The summed E-state index contributed by atoms with van der Waals surface area (Å²) < 4.78 is 73.1. The van der Waals surface area contributed by atoms with E-state index < -0.39 is 5.82 Å². The van der Waals surface area contributed by atoms with Crippen LogP contribution in [0.3, 0.4) is 0 Å². The average Bonchev–Trinajstić information content (AvgIpc) is 3.46. The molecule has 0 amide bonds. The fraction of sp³-hybridized carbons (Fsp3) is 0. The molecule has 2 aromatic heterocycles. The number of nitrogens with zero attached hydrogens (tertiary/aromatic N) is 3. The maximum Gasteiger partial charge on any atom is 0.164 e. The molecule has 2 heterocycles. The zero-order chi connectivity index (χ0) is 30.7. The van der Waals surface area contributed by atoms with Crippen LogP contribution in [0.25, 0.3) is 67.2 Å². The summed E-state index contributed by atoms with van der Waals surface area (Å²) in [4.78, 5) is 13.7. The Hall–Kier alpha value is -5.16. The first kappa shape index (κ1) is 16.6. The number of hydrogen-bond acceptors (Lipinski definition) is 4. The van der Waals surface area contributed by atoms with Crippen molar-refractivity contribution in [2.75, 3.05) is 0 Å². The van der Waals surface area contributed by atoms with Crippen molar-refractivity contribution < 1.29 is 17.0 Å². The number of benzene rings is 5. The standard InChI is InChI=1S/C33H20FN3O/c34-26-15-11-23(12-16-26)32-35-31(22-9-5-2-6-10-22)36-33(37-32)25-13-17-27-28-19-24(21-7-3-1-4-8-21)14-18-29(28)38-30(27)20-25/h1-20H/i13D,14D,17D,18D,19D,20D. The van der Waals surface area contributed by atoms with Gasteiger partial charge in [0.25, 0.3) is 0 Å². The molecule has 180 valence electrons. The molecule has 0 aliphatic carbocycles. The molecule has 0 spiro atoms. The third-order valence-corrected chi connectivity index (χ3v) is 6.07. The molecule has 4 nitrogen and oxygen atoms in total. The predicted octanol–water partition coefficient (Wildman–Crippen LogP) is 8.58. The average molecular weight is 500 g/mol. The second-order valence-electron chi connectivity index (χ2n) is 8.56. The van der Waals surface area contributed by atoms with Crippen molar-refractivity contribution in [3.63, 3.8) is 0 Å². The van der Waals surface area contributed by atoms with Crippen molar-refractivity contribution in [3.8, 4) is 45.3 Å². The van der Waals surface area contributed by atoms with E-state index in [9.17, 15) is 4.39 Å². The summed E-state index contributed by atoms with van der Waals surface area (Å²) in [7, 11) is 0. The second kappa shape index (κ2) is 9.05. The minimum absolute atomic E-state index is 0.0329. The van der Waals surface area contributed by atoms with E-state index >= 15 is 0 Å². The summed E-state index contributed by atoms with van der Waals surface area (Å²) in [5, 5.41) is 0.122. The molecule has 0 atom stereocenters.